The van der Waals surface area contributed by atoms with E-state index in [2.05, 4.69) is 20.4 Å². The number of nitrogens with one attached hydrogen (secondary N) is 1. The van der Waals surface area contributed by atoms with Crippen LogP contribution in [0.3, 0.4) is 0 Å². The van der Waals surface area contributed by atoms with E-state index in [1.807, 2.05) is 6.92 Å². The van der Waals surface area contributed by atoms with Crippen LogP contribution in [0.2, 0.25) is 0 Å². The number of rotatable bonds is 4. The summed E-state index contributed by atoms with van der Waals surface area (Å²) in [6, 6.07) is 0. The minimum atomic E-state index is 0.160. The third kappa shape index (κ3) is 3.29. The number of hydrogen-bond donors (Lipinski definition) is 1. The number of piperidine rings is 1. The van der Waals surface area contributed by atoms with E-state index in [1.165, 1.54) is 0 Å². The van der Waals surface area contributed by atoms with Crippen molar-refractivity contribution >= 4 is 5.91 Å². The molecule has 0 atom stereocenters. The Balaban J connectivity index is 1.78. The van der Waals surface area contributed by atoms with Crippen LogP contribution >= 0.6 is 0 Å². The highest BCUT2D eigenvalue weighted by Gasteiger charge is 2.25. The number of carbonyl (C=O) groups is 1. The summed E-state index contributed by atoms with van der Waals surface area (Å²) in [6.07, 6.45) is 1.81. The molecule has 1 aliphatic heterocycles. The highest BCUT2D eigenvalue weighted by molar-refractivity contribution is 5.78. The van der Waals surface area contributed by atoms with Gasteiger partial charge in [0.25, 0.3) is 0 Å². The fraction of sp³-hybridized carbons (Fsp3) is 0.750. The topological polar surface area (TPSA) is 71.3 Å². The Labute approximate surface area is 107 Å². The van der Waals surface area contributed by atoms with Gasteiger partial charge in [0.2, 0.25) is 11.8 Å². The van der Waals surface area contributed by atoms with Crippen LogP contribution in [0.15, 0.2) is 4.52 Å². The standard InChI is InChI=1S/C12H20N4O2/c1-3-13-12(17)10-4-6-16(7-5-10)8-11-14-9(2)18-15-11/h10H,3-8H2,1-2H3,(H,13,17). The van der Waals surface area contributed by atoms with Gasteiger partial charge < -0.3 is 9.84 Å². The molecule has 0 saturated carbocycles. The second-order valence-electron chi connectivity index (χ2n) is 4.67. The van der Waals surface area contributed by atoms with E-state index in [0.717, 1.165) is 31.8 Å². The number of likely N-dealkylation sites (tertiary alicyclic amines) is 1. The lowest BCUT2D eigenvalue weighted by atomic mass is 9.96. The molecule has 6 heteroatoms. The normalized spacial score (nSPS) is 17.9. The largest absolute Gasteiger partial charge is 0.356 e. The highest BCUT2D eigenvalue weighted by atomic mass is 16.5. The van der Waals surface area contributed by atoms with Crippen molar-refractivity contribution in [2.24, 2.45) is 5.92 Å². The molecular formula is C12H20N4O2. The summed E-state index contributed by atoms with van der Waals surface area (Å²) in [6.45, 7) is 6.98. The molecule has 0 bridgehead atoms. The molecule has 1 N–H and O–H groups in total. The minimum absolute atomic E-state index is 0.160. The number of carbonyl (C=O) groups excluding carboxylic acids is 1. The van der Waals surface area contributed by atoms with E-state index < -0.39 is 0 Å². The molecule has 0 spiro atoms. The maximum Gasteiger partial charge on any atom is 0.223 e. The first-order chi connectivity index (χ1) is 8.69. The SMILES string of the molecule is CCNC(=O)C1CCN(Cc2noc(C)n2)CC1. The van der Waals surface area contributed by atoms with Gasteiger partial charge in [0.1, 0.15) is 0 Å². The van der Waals surface area contributed by atoms with Crippen molar-refractivity contribution in [1.29, 1.82) is 0 Å². The fourth-order valence-corrected chi connectivity index (χ4v) is 2.28. The Hall–Kier alpha value is -1.43. The average molecular weight is 252 g/mol. The van der Waals surface area contributed by atoms with Crippen LogP contribution in [0.4, 0.5) is 0 Å². The zero-order chi connectivity index (χ0) is 13.0. The summed E-state index contributed by atoms with van der Waals surface area (Å²) in [7, 11) is 0. The average Bonchev–Trinajstić information content (AvgIpc) is 2.76. The highest BCUT2D eigenvalue weighted by Crippen LogP contribution is 2.18. The molecule has 1 aromatic heterocycles. The lowest BCUT2D eigenvalue weighted by Crippen LogP contribution is -2.40. The van der Waals surface area contributed by atoms with Crippen LogP contribution in [0.25, 0.3) is 0 Å². The molecule has 100 valence electrons. The van der Waals surface area contributed by atoms with Gasteiger partial charge in [0.15, 0.2) is 5.82 Å². The van der Waals surface area contributed by atoms with Crippen LogP contribution < -0.4 is 5.32 Å². The van der Waals surface area contributed by atoms with E-state index >= 15 is 0 Å². The third-order valence-electron chi connectivity index (χ3n) is 3.24. The van der Waals surface area contributed by atoms with E-state index in [1.54, 1.807) is 6.92 Å². The van der Waals surface area contributed by atoms with Crippen molar-refractivity contribution < 1.29 is 9.32 Å². The zero-order valence-corrected chi connectivity index (χ0v) is 11.0. The van der Waals surface area contributed by atoms with Gasteiger partial charge in [0.05, 0.1) is 6.54 Å². The van der Waals surface area contributed by atoms with Crippen molar-refractivity contribution in [2.75, 3.05) is 19.6 Å². The fourth-order valence-electron chi connectivity index (χ4n) is 2.28. The molecule has 18 heavy (non-hydrogen) atoms. The number of aryl methyl sites for hydroxylation is 1. The second kappa shape index (κ2) is 5.95. The lowest BCUT2D eigenvalue weighted by Gasteiger charge is -2.30. The van der Waals surface area contributed by atoms with E-state index in [0.29, 0.717) is 19.0 Å². The zero-order valence-electron chi connectivity index (χ0n) is 11.0. The molecule has 6 nitrogen and oxygen atoms in total. The van der Waals surface area contributed by atoms with E-state index in [9.17, 15) is 4.79 Å². The minimum Gasteiger partial charge on any atom is -0.356 e. The molecule has 1 aliphatic rings. The Kier molecular flexibility index (Phi) is 4.30. The second-order valence-corrected chi connectivity index (χ2v) is 4.67. The third-order valence-corrected chi connectivity index (χ3v) is 3.24. The van der Waals surface area contributed by atoms with Gasteiger partial charge >= 0.3 is 0 Å². The summed E-state index contributed by atoms with van der Waals surface area (Å²) >= 11 is 0. The molecule has 1 fully saturated rings. The smallest absolute Gasteiger partial charge is 0.223 e. The molecule has 1 amide bonds. The molecule has 0 unspecified atom stereocenters. The predicted molar refractivity (Wildman–Crippen MR) is 65.7 cm³/mol. The van der Waals surface area contributed by atoms with Gasteiger partial charge in [-0.15, -0.1) is 0 Å². The molecule has 0 radical (unpaired) electrons. The monoisotopic (exact) mass is 252 g/mol. The van der Waals surface area contributed by atoms with Crippen molar-refractivity contribution in [3.8, 4) is 0 Å². The van der Waals surface area contributed by atoms with Crippen LogP contribution in [0, 0.1) is 12.8 Å². The van der Waals surface area contributed by atoms with E-state index in [-0.39, 0.29) is 11.8 Å². The lowest BCUT2D eigenvalue weighted by molar-refractivity contribution is -0.126. The maximum atomic E-state index is 11.7. The van der Waals surface area contributed by atoms with E-state index in [4.69, 9.17) is 4.52 Å². The molecule has 1 saturated heterocycles. The number of aromatic nitrogens is 2. The van der Waals surface area contributed by atoms with Crippen LogP contribution in [-0.2, 0) is 11.3 Å². The summed E-state index contributed by atoms with van der Waals surface area (Å²) in [5.41, 5.74) is 0. The molecule has 2 rings (SSSR count). The van der Waals surface area contributed by atoms with Crippen LogP contribution in [-0.4, -0.2) is 40.6 Å². The summed E-state index contributed by atoms with van der Waals surface area (Å²) in [5, 5.41) is 6.77. The van der Waals surface area contributed by atoms with Crippen LogP contribution in [0.5, 0.6) is 0 Å². The van der Waals surface area contributed by atoms with Crippen molar-refractivity contribution in [2.45, 2.75) is 33.2 Å². The Morgan fingerprint density at radius 2 is 2.22 bits per heavy atom. The summed E-state index contributed by atoms with van der Waals surface area (Å²) in [4.78, 5) is 18.2. The first kappa shape index (κ1) is 13.0. The number of amides is 1. The number of nitrogens with zero attached hydrogens (tertiary/aromatic N) is 3. The Bertz CT molecular complexity index is 397. The Morgan fingerprint density at radius 3 is 2.78 bits per heavy atom. The van der Waals surface area contributed by atoms with Gasteiger partial charge in [-0.25, -0.2) is 0 Å². The van der Waals surface area contributed by atoms with Crippen molar-refractivity contribution in [1.82, 2.24) is 20.4 Å². The maximum absolute atomic E-state index is 11.7. The summed E-state index contributed by atoms with van der Waals surface area (Å²) < 4.78 is 4.95. The first-order valence-corrected chi connectivity index (χ1v) is 6.48. The van der Waals surface area contributed by atoms with Gasteiger partial charge in [-0.05, 0) is 32.9 Å². The quantitative estimate of drug-likeness (QED) is 0.855. The van der Waals surface area contributed by atoms with Crippen molar-refractivity contribution in [3.05, 3.63) is 11.7 Å². The first-order valence-electron chi connectivity index (χ1n) is 6.48. The van der Waals surface area contributed by atoms with Gasteiger partial charge in [-0.1, -0.05) is 5.16 Å². The van der Waals surface area contributed by atoms with Gasteiger partial charge in [-0.3, -0.25) is 9.69 Å². The van der Waals surface area contributed by atoms with Gasteiger partial charge in [0, 0.05) is 19.4 Å². The molecule has 2 heterocycles. The van der Waals surface area contributed by atoms with Crippen LogP contribution in [0.1, 0.15) is 31.5 Å². The summed E-state index contributed by atoms with van der Waals surface area (Å²) in [5.74, 6) is 1.67. The molecular weight excluding hydrogens is 232 g/mol. The number of hydrogen-bond acceptors (Lipinski definition) is 5. The Morgan fingerprint density at radius 1 is 1.50 bits per heavy atom. The predicted octanol–water partition coefficient (Wildman–Crippen LogP) is 0.726. The van der Waals surface area contributed by atoms with Crippen molar-refractivity contribution in [3.63, 3.8) is 0 Å². The molecule has 0 aliphatic carbocycles. The molecule has 1 aromatic rings. The molecule has 0 aromatic carbocycles. The van der Waals surface area contributed by atoms with Gasteiger partial charge in [-0.2, -0.15) is 4.98 Å².